The largest absolute Gasteiger partial charge is 0.507 e. The Bertz CT molecular complexity index is 2190. The quantitative estimate of drug-likeness (QED) is 0.0600. The van der Waals surface area contributed by atoms with Gasteiger partial charge in [0.15, 0.2) is 0 Å². The lowest BCUT2D eigenvalue weighted by Crippen LogP contribution is -2.67. The minimum absolute atomic E-state index is 0.0184. The number of anilines is 1. The van der Waals surface area contributed by atoms with Crippen LogP contribution < -0.4 is 21.3 Å². The van der Waals surface area contributed by atoms with Crippen LogP contribution in [0.15, 0.2) is 60.7 Å². The van der Waals surface area contributed by atoms with Gasteiger partial charge in [-0.3, -0.25) is 19.2 Å². The highest BCUT2D eigenvalue weighted by atomic mass is 19.4. The van der Waals surface area contributed by atoms with Gasteiger partial charge >= 0.3 is 12.1 Å². The molecule has 7 N–H and O–H groups in total. The van der Waals surface area contributed by atoms with Gasteiger partial charge in [-0.05, 0) is 66.1 Å². The molecule has 0 saturated carbocycles. The SMILES string of the molecule is CCC(C)[C@H](NC(=O)Cc1ccccc1F)C(=O)N[C@]1(C(=O)N[C@H](C(=O)Nc2ccc(O)c(C(=O)O)c2)C(C)CC)CCc2[nH]c3c(C(F)(F)F)cccc3c2C1. The number of aromatic amines is 1. The number of phenols is 1. The number of carboxylic acid groups (broad SMARTS) is 1. The average molecular weight is 796 g/mol. The first kappa shape index (κ1) is 42.2. The predicted octanol–water partition coefficient (Wildman–Crippen LogP) is 6.02. The predicted molar refractivity (Wildman–Crippen MR) is 203 cm³/mol. The highest BCUT2D eigenvalue weighted by molar-refractivity contribution is 6.02. The van der Waals surface area contributed by atoms with Gasteiger partial charge in [-0.15, -0.1) is 0 Å². The summed E-state index contributed by atoms with van der Waals surface area (Å²) in [5, 5.41) is 30.5. The number of halogens is 4. The minimum atomic E-state index is -4.69. The van der Waals surface area contributed by atoms with Crippen LogP contribution in [0.5, 0.6) is 5.75 Å². The van der Waals surface area contributed by atoms with E-state index in [-0.39, 0.29) is 47.8 Å². The molecule has 0 fully saturated rings. The number of para-hydroxylation sites is 1. The lowest BCUT2D eigenvalue weighted by Gasteiger charge is -2.39. The number of aromatic carboxylic acids is 1. The Kier molecular flexibility index (Phi) is 12.6. The van der Waals surface area contributed by atoms with E-state index in [1.54, 1.807) is 33.8 Å². The second kappa shape index (κ2) is 17.1. The summed E-state index contributed by atoms with van der Waals surface area (Å²) < 4.78 is 56.7. The molecule has 1 aliphatic rings. The third-order valence-corrected chi connectivity index (χ3v) is 10.8. The molecule has 1 aliphatic carbocycles. The number of benzene rings is 3. The van der Waals surface area contributed by atoms with Crippen LogP contribution in [0.2, 0.25) is 0 Å². The molecule has 1 heterocycles. The second-order valence-corrected chi connectivity index (χ2v) is 14.6. The van der Waals surface area contributed by atoms with E-state index in [9.17, 15) is 51.7 Å². The number of aromatic hydroxyl groups is 1. The fraction of sp³-hybridized carbons (Fsp3) is 0.390. The van der Waals surface area contributed by atoms with Gasteiger partial charge in [0.25, 0.3) is 0 Å². The summed E-state index contributed by atoms with van der Waals surface area (Å²) >= 11 is 0. The molecule has 5 rings (SSSR count). The standard InChI is InChI=1S/C41H45F4N5O7/c1-5-21(3)33(36(53)46-24-14-15-31(51)26(19-24)38(55)56)49-39(57)40(17-16-30-27(20-40)25-11-9-12-28(35(25)47-30)41(43,44)45)50-37(54)34(22(4)6-2)48-32(52)18-23-10-7-8-13-29(23)42/h7-15,19,21-22,33-34,47,51H,5-6,16-18,20H2,1-4H3,(H,46,53)(H,48,52)(H,49,57)(H,50,54)(H,55,56)/t21?,22?,33-,34-,40+/m0/s1. The van der Waals surface area contributed by atoms with E-state index in [0.29, 0.717) is 24.1 Å². The minimum Gasteiger partial charge on any atom is -0.507 e. The molecule has 0 radical (unpaired) electrons. The zero-order valence-corrected chi connectivity index (χ0v) is 31.8. The first-order chi connectivity index (χ1) is 26.9. The molecule has 3 aromatic carbocycles. The number of carbonyl (C=O) groups excluding carboxylic acids is 4. The van der Waals surface area contributed by atoms with E-state index in [2.05, 4.69) is 26.3 Å². The zero-order valence-electron chi connectivity index (χ0n) is 31.8. The van der Waals surface area contributed by atoms with Crippen molar-refractivity contribution in [3.05, 3.63) is 94.4 Å². The lowest BCUT2D eigenvalue weighted by molar-refractivity contribution is -0.138. The molecule has 12 nitrogen and oxygen atoms in total. The van der Waals surface area contributed by atoms with Gasteiger partial charge in [-0.1, -0.05) is 70.9 Å². The second-order valence-electron chi connectivity index (χ2n) is 14.6. The van der Waals surface area contributed by atoms with Gasteiger partial charge in [0, 0.05) is 23.2 Å². The van der Waals surface area contributed by atoms with Gasteiger partial charge in [-0.25, -0.2) is 9.18 Å². The Balaban J connectivity index is 1.52. The molecule has 4 aromatic rings. The lowest BCUT2D eigenvalue weighted by atomic mass is 9.78. The number of nitrogens with one attached hydrogen (secondary N) is 5. The number of aromatic nitrogens is 1. The van der Waals surface area contributed by atoms with Crippen molar-refractivity contribution in [2.45, 2.75) is 90.0 Å². The van der Waals surface area contributed by atoms with Crippen LogP contribution in [0.1, 0.15) is 79.7 Å². The van der Waals surface area contributed by atoms with Crippen molar-refractivity contribution in [2.24, 2.45) is 11.8 Å². The van der Waals surface area contributed by atoms with E-state index in [1.807, 2.05) is 0 Å². The van der Waals surface area contributed by atoms with Crippen molar-refractivity contribution in [3.8, 4) is 5.75 Å². The van der Waals surface area contributed by atoms with Crippen molar-refractivity contribution < 1.29 is 51.7 Å². The smallest absolute Gasteiger partial charge is 0.418 e. The molecule has 0 bridgehead atoms. The summed E-state index contributed by atoms with van der Waals surface area (Å²) in [6, 6.07) is 10.3. The topological polar surface area (TPSA) is 190 Å². The number of rotatable bonds is 14. The van der Waals surface area contributed by atoms with E-state index < -0.39 is 87.9 Å². The summed E-state index contributed by atoms with van der Waals surface area (Å²) in [7, 11) is 0. The van der Waals surface area contributed by atoms with Gasteiger partial charge < -0.3 is 36.5 Å². The van der Waals surface area contributed by atoms with Gasteiger partial charge in [0.2, 0.25) is 23.6 Å². The molecule has 304 valence electrons. The number of hydrogen-bond acceptors (Lipinski definition) is 6. The number of fused-ring (bicyclic) bond motifs is 3. The molecule has 0 saturated heterocycles. The Hall–Kier alpha value is -5.93. The maximum absolute atomic E-state index is 14.8. The summed E-state index contributed by atoms with van der Waals surface area (Å²) in [4.78, 5) is 70.6. The number of carboxylic acids is 1. The van der Waals surface area contributed by atoms with Gasteiger partial charge in [-0.2, -0.15) is 13.2 Å². The van der Waals surface area contributed by atoms with Crippen LogP contribution in [0.4, 0.5) is 23.2 Å². The molecule has 0 aliphatic heterocycles. The number of amides is 4. The molecule has 57 heavy (non-hydrogen) atoms. The molecule has 1 aromatic heterocycles. The molecule has 4 amide bonds. The van der Waals surface area contributed by atoms with Crippen molar-refractivity contribution >= 4 is 46.2 Å². The third kappa shape index (κ3) is 9.21. The summed E-state index contributed by atoms with van der Waals surface area (Å²) in [6.07, 6.45) is -4.66. The van der Waals surface area contributed by atoms with E-state index >= 15 is 0 Å². The van der Waals surface area contributed by atoms with Crippen LogP contribution in [-0.4, -0.2) is 62.4 Å². The van der Waals surface area contributed by atoms with E-state index in [4.69, 9.17) is 0 Å². The van der Waals surface area contributed by atoms with Crippen molar-refractivity contribution in [2.75, 3.05) is 5.32 Å². The highest BCUT2D eigenvalue weighted by Crippen LogP contribution is 2.40. The van der Waals surface area contributed by atoms with Crippen molar-refractivity contribution in [3.63, 3.8) is 0 Å². The monoisotopic (exact) mass is 795 g/mol. The number of carbonyl (C=O) groups is 5. The number of alkyl halides is 3. The van der Waals surface area contributed by atoms with Crippen LogP contribution in [0.3, 0.4) is 0 Å². The molecule has 16 heteroatoms. The number of H-pyrrole nitrogens is 1. The highest BCUT2D eigenvalue weighted by Gasteiger charge is 2.47. The first-order valence-corrected chi connectivity index (χ1v) is 18.6. The van der Waals surface area contributed by atoms with Crippen LogP contribution in [-0.2, 0) is 44.6 Å². The average Bonchev–Trinajstić information content (AvgIpc) is 3.54. The molecular weight excluding hydrogens is 750 g/mol. The fourth-order valence-corrected chi connectivity index (χ4v) is 7.11. The van der Waals surface area contributed by atoms with Crippen LogP contribution in [0.25, 0.3) is 10.9 Å². The van der Waals surface area contributed by atoms with Crippen LogP contribution in [0, 0.1) is 17.7 Å². The third-order valence-electron chi connectivity index (χ3n) is 10.8. The van der Waals surface area contributed by atoms with Crippen LogP contribution >= 0.6 is 0 Å². The Labute approximate surface area is 325 Å². The molecular formula is C41H45F4N5O7. The summed E-state index contributed by atoms with van der Waals surface area (Å²) in [5.74, 6) is -6.57. The fourth-order valence-electron chi connectivity index (χ4n) is 7.11. The normalized spacial score (nSPS) is 17.4. The molecule has 2 unspecified atom stereocenters. The number of aryl methyl sites for hydroxylation is 1. The Morgan fingerprint density at radius 2 is 1.56 bits per heavy atom. The number of hydrogen-bond donors (Lipinski definition) is 7. The van der Waals surface area contributed by atoms with Gasteiger partial charge in [0.05, 0.1) is 17.5 Å². The molecule has 0 spiro atoms. The maximum atomic E-state index is 14.8. The van der Waals surface area contributed by atoms with Crippen molar-refractivity contribution in [1.29, 1.82) is 0 Å². The summed E-state index contributed by atoms with van der Waals surface area (Å²) in [5.41, 5.74) is -2.49. The van der Waals surface area contributed by atoms with Gasteiger partial charge in [0.1, 0.15) is 34.8 Å². The van der Waals surface area contributed by atoms with Crippen molar-refractivity contribution in [1.82, 2.24) is 20.9 Å². The first-order valence-electron chi connectivity index (χ1n) is 18.6. The van der Waals surface area contributed by atoms with E-state index in [1.165, 1.54) is 36.4 Å². The Morgan fingerprint density at radius 1 is 0.895 bits per heavy atom. The summed E-state index contributed by atoms with van der Waals surface area (Å²) in [6.45, 7) is 6.96. The van der Waals surface area contributed by atoms with E-state index in [0.717, 1.165) is 18.2 Å². The Morgan fingerprint density at radius 3 is 2.19 bits per heavy atom. The molecule has 5 atom stereocenters. The maximum Gasteiger partial charge on any atom is 0.418 e. The zero-order chi connectivity index (χ0) is 41.8.